The van der Waals surface area contributed by atoms with Gasteiger partial charge in [0.1, 0.15) is 0 Å². The topological polar surface area (TPSA) is 45.8 Å². The van der Waals surface area contributed by atoms with E-state index in [1.165, 1.54) is 0 Å². The van der Waals surface area contributed by atoms with E-state index in [4.69, 9.17) is 16.9 Å². The van der Waals surface area contributed by atoms with Gasteiger partial charge in [-0.3, -0.25) is 4.79 Å². The predicted molar refractivity (Wildman–Crippen MR) is 81.4 cm³/mol. The molecule has 1 aromatic heterocycles. The standard InChI is InChI=1S/C13H7Br2ClN2O/c14-10-4-11(15)13(19)18(7-10)6-9-2-1-8(5-17)3-12(9)16/h1-4,7H,6H2. The number of halogens is 3. The minimum Gasteiger partial charge on any atom is -0.309 e. The number of hydrogen-bond donors (Lipinski definition) is 0. The summed E-state index contributed by atoms with van der Waals surface area (Å²) in [5.41, 5.74) is 1.15. The Morgan fingerprint density at radius 1 is 1.32 bits per heavy atom. The lowest BCUT2D eigenvalue weighted by Gasteiger charge is -2.09. The summed E-state index contributed by atoms with van der Waals surface area (Å²) in [6.45, 7) is 0.349. The predicted octanol–water partition coefficient (Wildman–Crippen LogP) is 3.95. The molecule has 6 heteroatoms. The summed E-state index contributed by atoms with van der Waals surface area (Å²) in [5.74, 6) is 0. The molecule has 0 N–H and O–H groups in total. The smallest absolute Gasteiger partial charge is 0.265 e. The zero-order valence-electron chi connectivity index (χ0n) is 9.53. The molecule has 0 bridgehead atoms. The first-order chi connectivity index (χ1) is 9.01. The second kappa shape index (κ2) is 5.91. The van der Waals surface area contributed by atoms with E-state index in [1.807, 2.05) is 6.07 Å². The third-order valence-electron chi connectivity index (χ3n) is 2.53. The zero-order chi connectivity index (χ0) is 14.0. The first kappa shape index (κ1) is 14.3. The monoisotopic (exact) mass is 400 g/mol. The van der Waals surface area contributed by atoms with Crippen molar-refractivity contribution in [2.45, 2.75) is 6.54 Å². The molecule has 0 amide bonds. The number of rotatable bonds is 2. The SMILES string of the molecule is N#Cc1ccc(Cn2cc(Br)cc(Br)c2=O)c(Cl)c1. The fourth-order valence-electron chi connectivity index (χ4n) is 1.61. The van der Waals surface area contributed by atoms with Crippen molar-refractivity contribution in [3.8, 4) is 6.07 Å². The van der Waals surface area contributed by atoms with Crippen LogP contribution in [0.1, 0.15) is 11.1 Å². The van der Waals surface area contributed by atoms with Gasteiger partial charge in [0.25, 0.3) is 5.56 Å². The molecule has 0 aliphatic rings. The van der Waals surface area contributed by atoms with Gasteiger partial charge >= 0.3 is 0 Å². The Balaban J connectivity index is 2.42. The molecule has 2 aromatic rings. The van der Waals surface area contributed by atoms with Crippen LogP contribution in [0.5, 0.6) is 0 Å². The van der Waals surface area contributed by atoms with Crippen LogP contribution in [-0.2, 0) is 6.54 Å². The number of pyridine rings is 1. The maximum absolute atomic E-state index is 12.0. The highest BCUT2D eigenvalue weighted by Gasteiger charge is 2.07. The van der Waals surface area contributed by atoms with Gasteiger partial charge in [0.05, 0.1) is 22.7 Å². The van der Waals surface area contributed by atoms with E-state index in [0.717, 1.165) is 10.0 Å². The molecule has 3 nitrogen and oxygen atoms in total. The number of hydrogen-bond acceptors (Lipinski definition) is 2. The fraction of sp³-hybridized carbons (Fsp3) is 0.0769. The molecule has 2 rings (SSSR count). The Morgan fingerprint density at radius 2 is 2.05 bits per heavy atom. The normalized spacial score (nSPS) is 10.2. The lowest BCUT2D eigenvalue weighted by molar-refractivity contribution is 0.752. The molecular formula is C13H7Br2ClN2O. The van der Waals surface area contributed by atoms with Crippen molar-refractivity contribution in [2.24, 2.45) is 0 Å². The fourth-order valence-corrected chi connectivity index (χ4v) is 3.11. The van der Waals surface area contributed by atoms with Gasteiger partial charge in [-0.05, 0) is 55.6 Å². The summed E-state index contributed by atoms with van der Waals surface area (Å²) in [6.07, 6.45) is 1.70. The number of nitrogens with zero attached hydrogens (tertiary/aromatic N) is 2. The van der Waals surface area contributed by atoms with Crippen molar-refractivity contribution < 1.29 is 0 Å². The van der Waals surface area contributed by atoms with E-state index < -0.39 is 0 Å². The van der Waals surface area contributed by atoms with Crippen LogP contribution in [-0.4, -0.2) is 4.57 Å². The third kappa shape index (κ3) is 3.27. The van der Waals surface area contributed by atoms with Gasteiger partial charge in [0.15, 0.2) is 0 Å². The Hall–Kier alpha value is -1.09. The molecule has 0 aliphatic heterocycles. The molecule has 0 fully saturated rings. The Bertz CT molecular complexity index is 734. The van der Waals surface area contributed by atoms with Gasteiger partial charge in [-0.25, -0.2) is 0 Å². The second-order valence-electron chi connectivity index (χ2n) is 3.86. The van der Waals surface area contributed by atoms with Crippen LogP contribution in [0.3, 0.4) is 0 Å². The van der Waals surface area contributed by atoms with Gasteiger partial charge in [0.2, 0.25) is 0 Å². The highest BCUT2D eigenvalue weighted by Crippen LogP contribution is 2.19. The minimum absolute atomic E-state index is 0.136. The Morgan fingerprint density at radius 3 is 2.68 bits per heavy atom. The van der Waals surface area contributed by atoms with Gasteiger partial charge in [-0.2, -0.15) is 5.26 Å². The number of nitriles is 1. The largest absolute Gasteiger partial charge is 0.309 e. The number of aromatic nitrogens is 1. The maximum Gasteiger partial charge on any atom is 0.265 e. The van der Waals surface area contributed by atoms with Crippen molar-refractivity contribution in [2.75, 3.05) is 0 Å². The summed E-state index contributed by atoms with van der Waals surface area (Å²) in [4.78, 5) is 12.0. The molecule has 0 saturated heterocycles. The number of benzene rings is 1. The average molecular weight is 402 g/mol. The highest BCUT2D eigenvalue weighted by molar-refractivity contribution is 9.11. The van der Waals surface area contributed by atoms with E-state index in [-0.39, 0.29) is 5.56 Å². The molecule has 0 unspecified atom stereocenters. The van der Waals surface area contributed by atoms with Gasteiger partial charge in [-0.15, -0.1) is 0 Å². The minimum atomic E-state index is -0.136. The maximum atomic E-state index is 12.0. The molecule has 0 saturated carbocycles. The first-order valence-electron chi connectivity index (χ1n) is 5.25. The van der Waals surface area contributed by atoms with Crippen LogP contribution in [0.2, 0.25) is 5.02 Å². The molecule has 0 radical (unpaired) electrons. The van der Waals surface area contributed by atoms with E-state index in [0.29, 0.717) is 21.6 Å². The molecule has 96 valence electrons. The summed E-state index contributed by atoms with van der Waals surface area (Å²) >= 11 is 12.6. The van der Waals surface area contributed by atoms with Crippen molar-refractivity contribution in [3.05, 3.63) is 65.9 Å². The Kier molecular flexibility index (Phi) is 4.46. The van der Waals surface area contributed by atoms with Crippen LogP contribution in [0, 0.1) is 11.3 Å². The van der Waals surface area contributed by atoms with Gasteiger partial charge in [-0.1, -0.05) is 17.7 Å². The summed E-state index contributed by atoms with van der Waals surface area (Å²) in [5, 5.41) is 9.26. The molecule has 1 aromatic carbocycles. The van der Waals surface area contributed by atoms with Crippen molar-refractivity contribution in [1.82, 2.24) is 4.57 Å². The highest BCUT2D eigenvalue weighted by atomic mass is 79.9. The van der Waals surface area contributed by atoms with Gasteiger partial charge < -0.3 is 4.57 Å². The molecule has 1 heterocycles. The Labute approximate surface area is 131 Å². The molecule has 19 heavy (non-hydrogen) atoms. The van der Waals surface area contributed by atoms with Crippen LogP contribution in [0.15, 0.2) is 44.2 Å². The quantitative estimate of drug-likeness (QED) is 0.764. The average Bonchev–Trinajstić information content (AvgIpc) is 2.37. The lowest BCUT2D eigenvalue weighted by atomic mass is 10.1. The lowest BCUT2D eigenvalue weighted by Crippen LogP contribution is -2.20. The van der Waals surface area contributed by atoms with E-state index in [9.17, 15) is 4.79 Å². The van der Waals surface area contributed by atoms with Gasteiger partial charge in [0, 0.05) is 15.7 Å². The third-order valence-corrected chi connectivity index (χ3v) is 3.89. The van der Waals surface area contributed by atoms with Crippen molar-refractivity contribution >= 4 is 43.5 Å². The van der Waals surface area contributed by atoms with Crippen LogP contribution in [0.25, 0.3) is 0 Å². The van der Waals surface area contributed by atoms with Crippen molar-refractivity contribution in [1.29, 1.82) is 5.26 Å². The second-order valence-corrected chi connectivity index (χ2v) is 6.03. The molecule has 0 aliphatic carbocycles. The first-order valence-corrected chi connectivity index (χ1v) is 7.21. The van der Waals surface area contributed by atoms with Crippen molar-refractivity contribution in [3.63, 3.8) is 0 Å². The van der Waals surface area contributed by atoms with E-state index in [1.54, 1.807) is 35.0 Å². The summed E-state index contributed by atoms with van der Waals surface area (Å²) < 4.78 is 2.82. The molecular weight excluding hydrogens is 395 g/mol. The summed E-state index contributed by atoms with van der Waals surface area (Å²) in [7, 11) is 0. The van der Waals surface area contributed by atoms with Crippen LogP contribution >= 0.6 is 43.5 Å². The molecule has 0 atom stereocenters. The molecule has 0 spiro atoms. The zero-order valence-corrected chi connectivity index (χ0v) is 13.5. The summed E-state index contributed by atoms with van der Waals surface area (Å²) in [6, 6.07) is 8.74. The van der Waals surface area contributed by atoms with Crippen LogP contribution < -0.4 is 5.56 Å². The van der Waals surface area contributed by atoms with Crippen LogP contribution in [0.4, 0.5) is 0 Å². The van der Waals surface area contributed by atoms with E-state index >= 15 is 0 Å². The van der Waals surface area contributed by atoms with E-state index in [2.05, 4.69) is 31.9 Å².